The van der Waals surface area contributed by atoms with Crippen LogP contribution in [-0.2, 0) is 11.3 Å². The zero-order valence-corrected chi connectivity index (χ0v) is 11.8. The molecule has 3 N–H and O–H groups in total. The topological polar surface area (TPSA) is 59.6 Å². The van der Waals surface area contributed by atoms with Crippen molar-refractivity contribution in [3.05, 3.63) is 35.1 Å². The minimum Gasteiger partial charge on any atom is -0.375 e. The van der Waals surface area contributed by atoms with Crippen molar-refractivity contribution >= 4 is 23.5 Å². The quantitative estimate of drug-likeness (QED) is 0.478. The first-order valence-corrected chi connectivity index (χ1v) is 6.42. The molecule has 19 heavy (non-hydrogen) atoms. The SMILES string of the molecule is CCC(C)OCc1cc(F)ccc1C=NNC(N)=S. The Kier molecular flexibility index (Phi) is 6.38. The van der Waals surface area contributed by atoms with Gasteiger partial charge in [0, 0.05) is 5.56 Å². The summed E-state index contributed by atoms with van der Waals surface area (Å²) in [6.07, 6.45) is 2.57. The second-order valence-corrected chi connectivity index (χ2v) is 4.55. The molecule has 1 aromatic carbocycles. The number of nitrogens with two attached hydrogens (primary N) is 1. The monoisotopic (exact) mass is 283 g/mol. The van der Waals surface area contributed by atoms with Crippen molar-refractivity contribution in [3.8, 4) is 0 Å². The summed E-state index contributed by atoms with van der Waals surface area (Å²) in [7, 11) is 0. The van der Waals surface area contributed by atoms with Gasteiger partial charge in [0.2, 0.25) is 0 Å². The molecule has 0 saturated carbocycles. The molecular weight excluding hydrogens is 265 g/mol. The summed E-state index contributed by atoms with van der Waals surface area (Å²) >= 11 is 4.63. The van der Waals surface area contributed by atoms with Gasteiger partial charge >= 0.3 is 0 Å². The largest absolute Gasteiger partial charge is 0.375 e. The van der Waals surface area contributed by atoms with E-state index in [-0.39, 0.29) is 17.0 Å². The van der Waals surface area contributed by atoms with E-state index in [9.17, 15) is 4.39 Å². The minimum absolute atomic E-state index is 0.0794. The van der Waals surface area contributed by atoms with Gasteiger partial charge in [-0.15, -0.1) is 0 Å². The fourth-order valence-electron chi connectivity index (χ4n) is 1.34. The summed E-state index contributed by atoms with van der Waals surface area (Å²) in [4.78, 5) is 0. The first-order chi connectivity index (χ1) is 9.02. The Morgan fingerprint density at radius 1 is 1.63 bits per heavy atom. The number of nitrogens with one attached hydrogen (secondary N) is 1. The fourth-order valence-corrected chi connectivity index (χ4v) is 1.39. The first kappa shape index (κ1) is 15.5. The molecule has 4 nitrogen and oxygen atoms in total. The van der Waals surface area contributed by atoms with Gasteiger partial charge in [0.25, 0.3) is 0 Å². The predicted molar refractivity (Wildman–Crippen MR) is 78.5 cm³/mol. The minimum atomic E-state index is -0.304. The van der Waals surface area contributed by atoms with Gasteiger partial charge in [-0.3, -0.25) is 5.43 Å². The van der Waals surface area contributed by atoms with Crippen LogP contribution in [0, 0.1) is 5.82 Å². The zero-order chi connectivity index (χ0) is 14.3. The molecule has 1 rings (SSSR count). The highest BCUT2D eigenvalue weighted by Gasteiger charge is 2.05. The molecule has 1 aromatic rings. The van der Waals surface area contributed by atoms with Gasteiger partial charge in [0.15, 0.2) is 5.11 Å². The summed E-state index contributed by atoms with van der Waals surface area (Å²) < 4.78 is 18.8. The van der Waals surface area contributed by atoms with E-state index in [1.54, 1.807) is 6.07 Å². The Morgan fingerprint density at radius 3 is 3.00 bits per heavy atom. The van der Waals surface area contributed by atoms with Gasteiger partial charge in [0.05, 0.1) is 18.9 Å². The van der Waals surface area contributed by atoms with E-state index in [0.29, 0.717) is 6.61 Å². The van der Waals surface area contributed by atoms with Gasteiger partial charge in [-0.1, -0.05) is 13.0 Å². The number of hydrogen-bond donors (Lipinski definition) is 2. The Hall–Kier alpha value is -1.53. The molecule has 0 heterocycles. The first-order valence-electron chi connectivity index (χ1n) is 6.01. The average molecular weight is 283 g/mol. The lowest BCUT2D eigenvalue weighted by Crippen LogP contribution is -2.24. The summed E-state index contributed by atoms with van der Waals surface area (Å²) in [5.74, 6) is -0.304. The fraction of sp³-hybridized carbons (Fsp3) is 0.385. The van der Waals surface area contributed by atoms with Gasteiger partial charge in [-0.2, -0.15) is 5.10 Å². The van der Waals surface area contributed by atoms with Crippen LogP contribution >= 0.6 is 12.2 Å². The Balaban J connectivity index is 2.79. The van der Waals surface area contributed by atoms with Crippen molar-refractivity contribution in [2.24, 2.45) is 10.8 Å². The number of halogens is 1. The Morgan fingerprint density at radius 2 is 2.37 bits per heavy atom. The zero-order valence-electron chi connectivity index (χ0n) is 11.0. The van der Waals surface area contributed by atoms with Crippen molar-refractivity contribution < 1.29 is 9.13 Å². The van der Waals surface area contributed by atoms with Crippen molar-refractivity contribution in [1.29, 1.82) is 0 Å². The van der Waals surface area contributed by atoms with E-state index in [4.69, 9.17) is 10.5 Å². The normalized spacial score (nSPS) is 12.6. The number of thiocarbonyl (C=S) groups is 1. The number of rotatable bonds is 6. The van der Waals surface area contributed by atoms with Gasteiger partial charge < -0.3 is 10.5 Å². The standard InChI is InChI=1S/C13H18FN3OS/c1-3-9(2)18-8-11-6-12(14)5-4-10(11)7-16-17-13(15)19/h4-7,9H,3,8H2,1-2H3,(H3,15,17,19). The molecule has 1 atom stereocenters. The molecule has 104 valence electrons. The molecule has 0 amide bonds. The molecular formula is C13H18FN3OS. The molecule has 0 aliphatic carbocycles. The maximum atomic E-state index is 13.2. The second-order valence-electron chi connectivity index (χ2n) is 4.11. The smallest absolute Gasteiger partial charge is 0.184 e. The van der Waals surface area contributed by atoms with Crippen LogP contribution in [0.4, 0.5) is 4.39 Å². The van der Waals surface area contributed by atoms with Crippen molar-refractivity contribution in [2.75, 3.05) is 0 Å². The number of hydrazone groups is 1. The average Bonchev–Trinajstić information content (AvgIpc) is 2.37. The van der Waals surface area contributed by atoms with Gasteiger partial charge in [0.1, 0.15) is 5.82 Å². The number of hydrogen-bond acceptors (Lipinski definition) is 3. The molecule has 0 bridgehead atoms. The highest BCUT2D eigenvalue weighted by atomic mass is 32.1. The van der Waals surface area contributed by atoms with Crippen molar-refractivity contribution in [3.63, 3.8) is 0 Å². The van der Waals surface area contributed by atoms with Gasteiger partial charge in [-0.25, -0.2) is 4.39 Å². The number of nitrogens with zero attached hydrogens (tertiary/aromatic N) is 1. The van der Waals surface area contributed by atoms with E-state index in [2.05, 4.69) is 22.7 Å². The molecule has 0 aromatic heterocycles. The molecule has 1 unspecified atom stereocenters. The summed E-state index contributed by atoms with van der Waals surface area (Å²) in [5.41, 5.74) is 9.20. The highest BCUT2D eigenvalue weighted by molar-refractivity contribution is 7.80. The lowest BCUT2D eigenvalue weighted by Gasteiger charge is -2.12. The maximum Gasteiger partial charge on any atom is 0.184 e. The van der Waals surface area contributed by atoms with Crippen molar-refractivity contribution in [2.45, 2.75) is 33.0 Å². The van der Waals surface area contributed by atoms with E-state index >= 15 is 0 Å². The van der Waals surface area contributed by atoms with E-state index in [1.165, 1.54) is 18.3 Å². The van der Waals surface area contributed by atoms with Crippen LogP contribution in [0.15, 0.2) is 23.3 Å². The number of ether oxygens (including phenoxy) is 1. The predicted octanol–water partition coefficient (Wildman–Crippen LogP) is 2.31. The molecule has 0 fully saturated rings. The third-order valence-electron chi connectivity index (χ3n) is 2.58. The molecule has 0 aliphatic heterocycles. The van der Waals surface area contributed by atoms with Crippen LogP contribution in [0.5, 0.6) is 0 Å². The van der Waals surface area contributed by atoms with E-state index < -0.39 is 0 Å². The third kappa shape index (κ3) is 5.76. The van der Waals surface area contributed by atoms with Crippen LogP contribution < -0.4 is 11.2 Å². The molecule has 0 radical (unpaired) electrons. The highest BCUT2D eigenvalue weighted by Crippen LogP contribution is 2.12. The lowest BCUT2D eigenvalue weighted by atomic mass is 10.1. The van der Waals surface area contributed by atoms with Crippen LogP contribution in [0.2, 0.25) is 0 Å². The van der Waals surface area contributed by atoms with Crippen LogP contribution in [0.3, 0.4) is 0 Å². The molecule has 6 heteroatoms. The number of benzene rings is 1. The van der Waals surface area contributed by atoms with Crippen molar-refractivity contribution in [1.82, 2.24) is 5.43 Å². The lowest BCUT2D eigenvalue weighted by molar-refractivity contribution is 0.0506. The Labute approximate surface area is 117 Å². The molecule has 0 spiro atoms. The Bertz CT molecular complexity index is 465. The van der Waals surface area contributed by atoms with E-state index in [0.717, 1.165) is 17.5 Å². The van der Waals surface area contributed by atoms with Crippen LogP contribution in [0.1, 0.15) is 31.4 Å². The van der Waals surface area contributed by atoms with E-state index in [1.807, 2.05) is 13.8 Å². The van der Waals surface area contributed by atoms with Gasteiger partial charge in [-0.05, 0) is 43.3 Å². The summed E-state index contributed by atoms with van der Waals surface area (Å²) in [6.45, 7) is 4.34. The molecule has 0 saturated heterocycles. The van der Waals surface area contributed by atoms with Crippen LogP contribution in [0.25, 0.3) is 0 Å². The third-order valence-corrected chi connectivity index (χ3v) is 2.67. The maximum absolute atomic E-state index is 13.2. The summed E-state index contributed by atoms with van der Waals surface area (Å²) in [5, 5.41) is 3.94. The van der Waals surface area contributed by atoms with Crippen LogP contribution in [-0.4, -0.2) is 17.4 Å². The summed E-state index contributed by atoms with van der Waals surface area (Å²) in [6, 6.07) is 4.44. The molecule has 0 aliphatic rings. The second kappa shape index (κ2) is 7.81.